The van der Waals surface area contributed by atoms with Crippen LogP contribution in [0, 0.1) is 0 Å². The Morgan fingerprint density at radius 1 is 1.10 bits per heavy atom. The van der Waals surface area contributed by atoms with E-state index in [0.717, 1.165) is 24.0 Å². The first-order chi connectivity index (χ1) is 14.8. The van der Waals surface area contributed by atoms with Crippen LogP contribution < -0.4 is 24.8 Å². The average molecular weight is 407 g/mol. The number of ether oxygens (including phenoxy) is 3. The third-order valence-electron chi connectivity index (χ3n) is 4.69. The lowest BCUT2D eigenvalue weighted by Crippen LogP contribution is -2.39. The molecule has 30 heavy (non-hydrogen) atoms. The fraction of sp³-hybridized carbons (Fsp3) is 0.273. The molecule has 1 aliphatic heterocycles. The van der Waals surface area contributed by atoms with Crippen LogP contribution in [0.1, 0.15) is 11.1 Å². The van der Waals surface area contributed by atoms with Gasteiger partial charge in [-0.1, -0.05) is 24.3 Å². The second-order valence-electron chi connectivity index (χ2n) is 6.69. The molecule has 0 saturated heterocycles. The zero-order chi connectivity index (χ0) is 20.6. The molecule has 3 aromatic rings. The van der Waals surface area contributed by atoms with Gasteiger partial charge in [-0.25, -0.2) is 0 Å². The average Bonchev–Trinajstić information content (AvgIpc) is 3.45. The number of hydrogen-bond donors (Lipinski definition) is 2. The zero-order valence-corrected chi connectivity index (χ0v) is 16.9. The van der Waals surface area contributed by atoms with Gasteiger partial charge in [-0.2, -0.15) is 5.10 Å². The lowest BCUT2D eigenvalue weighted by molar-refractivity contribution is 0.173. The summed E-state index contributed by atoms with van der Waals surface area (Å²) in [6.45, 7) is 2.77. The number of benzene rings is 2. The first-order valence-electron chi connectivity index (χ1n) is 9.83. The summed E-state index contributed by atoms with van der Waals surface area (Å²) in [5, 5.41) is 10.9. The minimum Gasteiger partial charge on any atom is -0.492 e. The van der Waals surface area contributed by atoms with Crippen molar-refractivity contribution in [3.8, 4) is 17.2 Å². The van der Waals surface area contributed by atoms with E-state index >= 15 is 0 Å². The second kappa shape index (κ2) is 9.69. The highest BCUT2D eigenvalue weighted by Gasteiger charge is 2.13. The zero-order valence-electron chi connectivity index (χ0n) is 16.9. The fourth-order valence-electron chi connectivity index (χ4n) is 3.16. The summed E-state index contributed by atoms with van der Waals surface area (Å²) in [7, 11) is 1.75. The topological polar surface area (TPSA) is 81.9 Å². The Kier molecular flexibility index (Phi) is 6.34. The molecule has 2 aromatic carbocycles. The highest BCUT2D eigenvalue weighted by molar-refractivity contribution is 5.79. The predicted molar refractivity (Wildman–Crippen MR) is 114 cm³/mol. The minimum absolute atomic E-state index is 0.257. The van der Waals surface area contributed by atoms with Crippen molar-refractivity contribution in [2.24, 2.45) is 4.99 Å². The number of rotatable bonds is 8. The van der Waals surface area contributed by atoms with E-state index in [2.05, 4.69) is 32.9 Å². The van der Waals surface area contributed by atoms with Crippen molar-refractivity contribution in [2.45, 2.75) is 13.1 Å². The van der Waals surface area contributed by atoms with Gasteiger partial charge in [0.2, 0.25) is 6.79 Å². The number of nitrogens with one attached hydrogen (secondary N) is 2. The van der Waals surface area contributed by atoms with Crippen LogP contribution in [0.4, 0.5) is 0 Å². The lowest BCUT2D eigenvalue weighted by atomic mass is 10.1. The van der Waals surface area contributed by atoms with E-state index < -0.39 is 0 Å². The SMILES string of the molecule is CN=C(NCCOc1ccc2c(c1)OCO2)NCc1ccccc1Cn1cccn1. The van der Waals surface area contributed by atoms with Gasteiger partial charge in [0.1, 0.15) is 12.4 Å². The number of nitrogens with zero attached hydrogens (tertiary/aromatic N) is 3. The third kappa shape index (κ3) is 5.02. The molecule has 8 nitrogen and oxygen atoms in total. The smallest absolute Gasteiger partial charge is 0.231 e. The molecule has 0 saturated carbocycles. The van der Waals surface area contributed by atoms with E-state index in [1.54, 1.807) is 13.2 Å². The number of aromatic nitrogens is 2. The van der Waals surface area contributed by atoms with Crippen molar-refractivity contribution in [3.05, 3.63) is 72.1 Å². The minimum atomic E-state index is 0.257. The molecular weight excluding hydrogens is 382 g/mol. The number of hydrogen-bond acceptors (Lipinski definition) is 5. The number of fused-ring (bicyclic) bond motifs is 1. The maximum Gasteiger partial charge on any atom is 0.231 e. The first kappa shape index (κ1) is 19.6. The van der Waals surface area contributed by atoms with Crippen LogP contribution >= 0.6 is 0 Å². The van der Waals surface area contributed by atoms with Crippen molar-refractivity contribution >= 4 is 5.96 Å². The molecule has 0 unspecified atom stereocenters. The molecule has 0 aliphatic carbocycles. The largest absolute Gasteiger partial charge is 0.492 e. The number of aliphatic imine (C=N–C) groups is 1. The Morgan fingerprint density at radius 3 is 2.80 bits per heavy atom. The fourth-order valence-corrected chi connectivity index (χ4v) is 3.16. The molecule has 2 N–H and O–H groups in total. The van der Waals surface area contributed by atoms with Gasteiger partial charge in [-0.15, -0.1) is 0 Å². The second-order valence-corrected chi connectivity index (χ2v) is 6.69. The van der Waals surface area contributed by atoms with Gasteiger partial charge in [-0.05, 0) is 29.3 Å². The van der Waals surface area contributed by atoms with Crippen LogP contribution in [0.3, 0.4) is 0 Å². The molecule has 1 aromatic heterocycles. The molecule has 8 heteroatoms. The molecular formula is C22H25N5O3. The molecule has 0 bridgehead atoms. The maximum absolute atomic E-state index is 5.78. The van der Waals surface area contributed by atoms with Crippen LogP contribution in [-0.2, 0) is 13.1 Å². The lowest BCUT2D eigenvalue weighted by Gasteiger charge is -2.15. The van der Waals surface area contributed by atoms with E-state index in [0.29, 0.717) is 25.4 Å². The van der Waals surface area contributed by atoms with Gasteiger partial charge in [-0.3, -0.25) is 9.67 Å². The van der Waals surface area contributed by atoms with Crippen molar-refractivity contribution in [1.82, 2.24) is 20.4 Å². The van der Waals surface area contributed by atoms with Crippen molar-refractivity contribution in [1.29, 1.82) is 0 Å². The summed E-state index contributed by atoms with van der Waals surface area (Å²) >= 11 is 0. The summed E-state index contributed by atoms with van der Waals surface area (Å²) < 4.78 is 18.4. The molecule has 0 atom stereocenters. The van der Waals surface area contributed by atoms with E-state index in [1.807, 2.05) is 47.3 Å². The summed E-state index contributed by atoms with van der Waals surface area (Å²) in [5.74, 6) is 2.93. The van der Waals surface area contributed by atoms with E-state index in [1.165, 1.54) is 11.1 Å². The van der Waals surface area contributed by atoms with Crippen LogP contribution in [-0.4, -0.2) is 42.7 Å². The summed E-state index contributed by atoms with van der Waals surface area (Å²) in [6, 6.07) is 15.8. The standard InChI is InChI=1S/C22H25N5O3/c1-23-22(24-10-12-28-19-7-8-20-21(13-19)30-16-29-20)25-14-17-5-2-3-6-18(17)15-27-11-4-9-26-27/h2-9,11,13H,10,12,14-16H2,1H3,(H2,23,24,25). The first-order valence-corrected chi connectivity index (χ1v) is 9.83. The van der Waals surface area contributed by atoms with E-state index in [9.17, 15) is 0 Å². The Hall–Kier alpha value is -3.68. The van der Waals surface area contributed by atoms with Crippen molar-refractivity contribution in [2.75, 3.05) is 27.0 Å². The molecule has 0 fully saturated rings. The van der Waals surface area contributed by atoms with Gasteiger partial charge < -0.3 is 24.8 Å². The Balaban J connectivity index is 1.24. The molecule has 0 spiro atoms. The Bertz CT molecular complexity index is 988. The van der Waals surface area contributed by atoms with Crippen LogP contribution in [0.2, 0.25) is 0 Å². The van der Waals surface area contributed by atoms with Crippen molar-refractivity contribution in [3.63, 3.8) is 0 Å². The van der Waals surface area contributed by atoms with Crippen molar-refractivity contribution < 1.29 is 14.2 Å². The summed E-state index contributed by atoms with van der Waals surface area (Å²) in [5.41, 5.74) is 2.42. The van der Waals surface area contributed by atoms with Gasteiger partial charge in [0, 0.05) is 32.1 Å². The van der Waals surface area contributed by atoms with Gasteiger partial charge in [0.15, 0.2) is 17.5 Å². The number of guanidine groups is 1. The molecule has 0 amide bonds. The highest BCUT2D eigenvalue weighted by Crippen LogP contribution is 2.34. The third-order valence-corrected chi connectivity index (χ3v) is 4.69. The molecule has 4 rings (SSSR count). The van der Waals surface area contributed by atoms with Crippen LogP contribution in [0.5, 0.6) is 17.2 Å². The highest BCUT2D eigenvalue weighted by atomic mass is 16.7. The van der Waals surface area contributed by atoms with Crippen LogP contribution in [0.15, 0.2) is 65.9 Å². The van der Waals surface area contributed by atoms with Gasteiger partial charge in [0.25, 0.3) is 0 Å². The van der Waals surface area contributed by atoms with Gasteiger partial charge in [0.05, 0.1) is 13.1 Å². The summed E-state index contributed by atoms with van der Waals surface area (Å²) in [6.07, 6.45) is 3.75. The quantitative estimate of drug-likeness (QED) is 0.339. The normalized spacial score (nSPS) is 12.6. The Labute approximate surface area is 175 Å². The monoisotopic (exact) mass is 407 g/mol. The molecule has 2 heterocycles. The summed E-state index contributed by atoms with van der Waals surface area (Å²) in [4.78, 5) is 4.29. The van der Waals surface area contributed by atoms with E-state index in [4.69, 9.17) is 14.2 Å². The van der Waals surface area contributed by atoms with Crippen LogP contribution in [0.25, 0.3) is 0 Å². The van der Waals surface area contributed by atoms with Gasteiger partial charge >= 0.3 is 0 Å². The van der Waals surface area contributed by atoms with E-state index in [-0.39, 0.29) is 6.79 Å². The molecule has 1 aliphatic rings. The predicted octanol–water partition coefficient (Wildman–Crippen LogP) is 2.40. The molecule has 156 valence electrons. The Morgan fingerprint density at radius 2 is 1.97 bits per heavy atom. The maximum atomic E-state index is 5.78. The molecule has 0 radical (unpaired) electrons.